The van der Waals surface area contributed by atoms with Gasteiger partial charge in [-0.05, 0) is 52.9 Å². The van der Waals surface area contributed by atoms with E-state index in [2.05, 4.69) is 5.32 Å². The summed E-state index contributed by atoms with van der Waals surface area (Å²) in [5.41, 5.74) is 4.73. The first kappa shape index (κ1) is 15.0. The number of carbonyl (C=O) groups is 1. The predicted molar refractivity (Wildman–Crippen MR) is 82.9 cm³/mol. The molecular weight excluding hydrogens is 401 g/mol. The molecule has 0 fully saturated rings. The molecule has 0 unspecified atom stereocenters. The molecule has 0 heterocycles. The first-order chi connectivity index (χ1) is 9.40. The molecule has 0 aliphatic heterocycles. The molecule has 0 bridgehead atoms. The van der Waals surface area contributed by atoms with Crippen LogP contribution in [0, 0.1) is 15.2 Å². The van der Waals surface area contributed by atoms with E-state index in [1.54, 1.807) is 18.2 Å². The van der Waals surface area contributed by atoms with Gasteiger partial charge in [-0.2, -0.15) is 0 Å². The second kappa shape index (κ2) is 5.92. The van der Waals surface area contributed by atoms with Crippen LogP contribution in [0.3, 0.4) is 0 Å². The molecular formula is C13H8ClF2IN2O. The molecule has 0 saturated heterocycles. The van der Waals surface area contributed by atoms with Gasteiger partial charge in [0.25, 0.3) is 5.91 Å². The summed E-state index contributed by atoms with van der Waals surface area (Å²) in [5.74, 6) is -2.96. The Bertz CT molecular complexity index is 694. The van der Waals surface area contributed by atoms with E-state index in [0.29, 0.717) is 14.3 Å². The van der Waals surface area contributed by atoms with E-state index < -0.39 is 23.1 Å². The summed E-state index contributed by atoms with van der Waals surface area (Å²) in [6.07, 6.45) is 0. The van der Waals surface area contributed by atoms with Gasteiger partial charge in [-0.3, -0.25) is 4.79 Å². The van der Waals surface area contributed by atoms with Crippen molar-refractivity contribution in [2.24, 2.45) is 0 Å². The molecule has 0 radical (unpaired) electrons. The van der Waals surface area contributed by atoms with Gasteiger partial charge in [0.05, 0.1) is 11.4 Å². The SMILES string of the molecule is Nc1ccc(F)c(C(=O)Nc2ccc(Cl)cc2I)c1F. The lowest BCUT2D eigenvalue weighted by molar-refractivity contribution is 0.101. The number of rotatable bonds is 2. The Morgan fingerprint density at radius 2 is 1.95 bits per heavy atom. The lowest BCUT2D eigenvalue weighted by Gasteiger charge is -2.10. The van der Waals surface area contributed by atoms with Gasteiger partial charge in [0.2, 0.25) is 0 Å². The number of anilines is 2. The number of hydrogen-bond donors (Lipinski definition) is 2. The highest BCUT2D eigenvalue weighted by molar-refractivity contribution is 14.1. The Hall–Kier alpha value is -1.41. The Labute approximate surface area is 132 Å². The van der Waals surface area contributed by atoms with Gasteiger partial charge >= 0.3 is 0 Å². The maximum Gasteiger partial charge on any atom is 0.261 e. The van der Waals surface area contributed by atoms with Gasteiger partial charge in [0.15, 0.2) is 5.82 Å². The number of carbonyl (C=O) groups excluding carboxylic acids is 1. The van der Waals surface area contributed by atoms with Crippen molar-refractivity contribution < 1.29 is 13.6 Å². The number of halogens is 4. The van der Waals surface area contributed by atoms with Gasteiger partial charge in [0.1, 0.15) is 11.4 Å². The minimum Gasteiger partial charge on any atom is -0.396 e. The third-order valence-electron chi connectivity index (χ3n) is 2.53. The fourth-order valence-electron chi connectivity index (χ4n) is 1.55. The van der Waals surface area contributed by atoms with Crippen LogP contribution in [-0.4, -0.2) is 5.91 Å². The predicted octanol–water partition coefficient (Wildman–Crippen LogP) is 4.06. The summed E-state index contributed by atoms with van der Waals surface area (Å²) in [4.78, 5) is 12.0. The molecule has 0 spiro atoms. The molecule has 7 heteroatoms. The molecule has 0 atom stereocenters. The van der Waals surface area contributed by atoms with Crippen LogP contribution in [0.25, 0.3) is 0 Å². The van der Waals surface area contributed by atoms with Gasteiger partial charge in [-0.15, -0.1) is 0 Å². The second-order valence-corrected chi connectivity index (χ2v) is 5.50. The van der Waals surface area contributed by atoms with Gasteiger partial charge in [0, 0.05) is 8.59 Å². The third kappa shape index (κ3) is 3.01. The average molecular weight is 409 g/mol. The van der Waals surface area contributed by atoms with E-state index in [0.717, 1.165) is 12.1 Å². The maximum atomic E-state index is 13.7. The lowest BCUT2D eigenvalue weighted by atomic mass is 10.1. The molecule has 3 nitrogen and oxygen atoms in total. The van der Waals surface area contributed by atoms with Crippen LogP contribution in [0.2, 0.25) is 5.02 Å². The van der Waals surface area contributed by atoms with Gasteiger partial charge in [-0.25, -0.2) is 8.78 Å². The standard InChI is InChI=1S/C13H8ClF2IN2O/c14-6-1-4-10(8(17)5-6)19-13(20)11-7(15)2-3-9(18)12(11)16/h1-5H,18H2,(H,19,20). The molecule has 1 amide bonds. The molecule has 0 saturated carbocycles. The second-order valence-electron chi connectivity index (χ2n) is 3.90. The van der Waals surface area contributed by atoms with Crippen molar-refractivity contribution in [1.29, 1.82) is 0 Å². The molecule has 2 aromatic carbocycles. The number of nitrogens with two attached hydrogens (primary N) is 1. The van der Waals surface area contributed by atoms with Crippen LogP contribution >= 0.6 is 34.2 Å². The molecule has 104 valence electrons. The molecule has 3 N–H and O–H groups in total. The van der Waals surface area contributed by atoms with Crippen molar-refractivity contribution in [2.45, 2.75) is 0 Å². The van der Waals surface area contributed by atoms with Crippen molar-refractivity contribution >= 4 is 51.5 Å². The first-order valence-electron chi connectivity index (χ1n) is 5.40. The minimum atomic E-state index is -1.08. The summed E-state index contributed by atoms with van der Waals surface area (Å²) < 4.78 is 27.9. The zero-order chi connectivity index (χ0) is 14.9. The summed E-state index contributed by atoms with van der Waals surface area (Å²) in [6, 6.07) is 6.73. The number of amides is 1. The molecule has 2 aromatic rings. The fraction of sp³-hybridized carbons (Fsp3) is 0. The summed E-state index contributed by atoms with van der Waals surface area (Å²) in [7, 11) is 0. The highest BCUT2D eigenvalue weighted by Gasteiger charge is 2.20. The monoisotopic (exact) mass is 408 g/mol. The fourth-order valence-corrected chi connectivity index (χ4v) is 2.56. The number of nitrogens with one attached hydrogen (secondary N) is 1. The highest BCUT2D eigenvalue weighted by atomic mass is 127. The Kier molecular flexibility index (Phi) is 4.44. The number of nitrogen functional groups attached to an aromatic ring is 1. The zero-order valence-electron chi connectivity index (χ0n) is 9.88. The zero-order valence-corrected chi connectivity index (χ0v) is 12.8. The largest absolute Gasteiger partial charge is 0.396 e. The molecule has 2 rings (SSSR count). The van der Waals surface area contributed by atoms with Crippen LogP contribution in [0.5, 0.6) is 0 Å². The van der Waals surface area contributed by atoms with E-state index in [4.69, 9.17) is 17.3 Å². The minimum absolute atomic E-state index is 0.289. The van der Waals surface area contributed by atoms with Gasteiger partial charge < -0.3 is 11.1 Å². The van der Waals surface area contributed by atoms with Crippen molar-refractivity contribution in [2.75, 3.05) is 11.1 Å². The van der Waals surface area contributed by atoms with Crippen LogP contribution in [0.1, 0.15) is 10.4 Å². The molecule has 0 aliphatic carbocycles. The quantitative estimate of drug-likeness (QED) is 0.582. The molecule has 0 aliphatic rings. The van der Waals surface area contributed by atoms with Gasteiger partial charge in [-0.1, -0.05) is 11.6 Å². The van der Waals surface area contributed by atoms with Crippen LogP contribution in [0.4, 0.5) is 20.2 Å². The van der Waals surface area contributed by atoms with Crippen LogP contribution in [-0.2, 0) is 0 Å². The third-order valence-corrected chi connectivity index (χ3v) is 3.65. The maximum absolute atomic E-state index is 13.7. The van der Waals surface area contributed by atoms with Crippen molar-refractivity contribution in [3.63, 3.8) is 0 Å². The van der Waals surface area contributed by atoms with E-state index in [9.17, 15) is 13.6 Å². The van der Waals surface area contributed by atoms with Crippen LogP contribution in [0.15, 0.2) is 30.3 Å². The van der Waals surface area contributed by atoms with E-state index >= 15 is 0 Å². The Morgan fingerprint density at radius 3 is 2.60 bits per heavy atom. The number of hydrogen-bond acceptors (Lipinski definition) is 2. The highest BCUT2D eigenvalue weighted by Crippen LogP contribution is 2.24. The van der Waals surface area contributed by atoms with Crippen molar-refractivity contribution in [3.8, 4) is 0 Å². The van der Waals surface area contributed by atoms with E-state index in [1.807, 2.05) is 22.6 Å². The van der Waals surface area contributed by atoms with E-state index in [1.165, 1.54) is 0 Å². The summed E-state index contributed by atoms with van der Waals surface area (Å²) >= 11 is 7.74. The molecule has 0 aromatic heterocycles. The average Bonchev–Trinajstić information content (AvgIpc) is 2.38. The topological polar surface area (TPSA) is 55.1 Å². The number of benzene rings is 2. The van der Waals surface area contributed by atoms with E-state index in [-0.39, 0.29) is 5.69 Å². The molecule has 20 heavy (non-hydrogen) atoms. The normalized spacial score (nSPS) is 10.4. The summed E-state index contributed by atoms with van der Waals surface area (Å²) in [5, 5.41) is 2.92. The summed E-state index contributed by atoms with van der Waals surface area (Å²) in [6.45, 7) is 0. The smallest absolute Gasteiger partial charge is 0.261 e. The van der Waals surface area contributed by atoms with Crippen molar-refractivity contribution in [1.82, 2.24) is 0 Å². The Balaban J connectivity index is 2.36. The lowest BCUT2D eigenvalue weighted by Crippen LogP contribution is -2.17. The van der Waals surface area contributed by atoms with Crippen molar-refractivity contribution in [3.05, 3.63) is 56.1 Å². The first-order valence-corrected chi connectivity index (χ1v) is 6.85. The van der Waals surface area contributed by atoms with Crippen LogP contribution < -0.4 is 11.1 Å². The Morgan fingerprint density at radius 1 is 1.25 bits per heavy atom.